The van der Waals surface area contributed by atoms with Crippen molar-refractivity contribution in [1.82, 2.24) is 15.5 Å². The third-order valence-electron chi connectivity index (χ3n) is 5.79. The Morgan fingerprint density at radius 2 is 1.47 bits per heavy atom. The molecule has 5 heteroatoms. The van der Waals surface area contributed by atoms with Crippen LogP contribution in [0.1, 0.15) is 35.9 Å². The number of carbonyl (C=O) groups is 1. The molecule has 0 atom stereocenters. The van der Waals surface area contributed by atoms with Gasteiger partial charge >= 0.3 is 0 Å². The van der Waals surface area contributed by atoms with Crippen molar-refractivity contribution in [2.24, 2.45) is 0 Å². The minimum atomic E-state index is -0.332. The molecule has 0 saturated heterocycles. The van der Waals surface area contributed by atoms with E-state index in [1.807, 2.05) is 67.6 Å². The lowest BCUT2D eigenvalue weighted by Gasteiger charge is -2.31. The molecule has 0 unspecified atom stereocenters. The molecule has 0 aliphatic heterocycles. The van der Waals surface area contributed by atoms with E-state index in [0.29, 0.717) is 24.7 Å². The predicted molar refractivity (Wildman–Crippen MR) is 125 cm³/mol. The van der Waals surface area contributed by atoms with Crippen molar-refractivity contribution >= 4 is 5.91 Å². The summed E-state index contributed by atoms with van der Waals surface area (Å²) in [4.78, 5) is 12.6. The quantitative estimate of drug-likeness (QED) is 0.426. The third-order valence-corrected chi connectivity index (χ3v) is 5.79. The monoisotopic (exact) mass is 425 g/mol. The van der Waals surface area contributed by atoms with Gasteiger partial charge in [0.2, 0.25) is 17.7 Å². The van der Waals surface area contributed by atoms with Crippen LogP contribution in [0.2, 0.25) is 0 Å². The summed E-state index contributed by atoms with van der Waals surface area (Å²) in [6.07, 6.45) is 0.688. The first kappa shape index (κ1) is 21.5. The fourth-order valence-corrected chi connectivity index (χ4v) is 3.73. The van der Waals surface area contributed by atoms with E-state index < -0.39 is 0 Å². The maximum Gasteiger partial charge on any atom is 0.247 e. The summed E-state index contributed by atoms with van der Waals surface area (Å²) in [5.74, 6) is 0.893. The van der Waals surface area contributed by atoms with Crippen molar-refractivity contribution in [2.75, 3.05) is 6.54 Å². The van der Waals surface area contributed by atoms with Crippen molar-refractivity contribution in [1.29, 1.82) is 0 Å². The van der Waals surface area contributed by atoms with E-state index in [9.17, 15) is 4.79 Å². The third kappa shape index (κ3) is 4.94. The van der Waals surface area contributed by atoms with E-state index in [1.54, 1.807) is 0 Å². The second kappa shape index (κ2) is 9.60. The average molecular weight is 426 g/mol. The summed E-state index contributed by atoms with van der Waals surface area (Å²) < 4.78 is 5.74. The number of hydrogen-bond acceptors (Lipinski definition) is 4. The normalized spacial score (nSPS) is 11.3. The first-order valence-electron chi connectivity index (χ1n) is 10.8. The Morgan fingerprint density at radius 1 is 0.875 bits per heavy atom. The molecule has 0 spiro atoms. The average Bonchev–Trinajstić information content (AvgIpc) is 3.32. The minimum absolute atomic E-state index is 0.0434. The smallest absolute Gasteiger partial charge is 0.247 e. The van der Waals surface area contributed by atoms with Gasteiger partial charge in [-0.3, -0.25) is 4.79 Å². The van der Waals surface area contributed by atoms with Gasteiger partial charge in [-0.25, -0.2) is 0 Å². The van der Waals surface area contributed by atoms with Crippen LogP contribution in [0.3, 0.4) is 0 Å². The number of hydrogen-bond donors (Lipinski definition) is 1. The van der Waals surface area contributed by atoms with Crippen LogP contribution in [0.25, 0.3) is 11.5 Å². The van der Waals surface area contributed by atoms with Crippen LogP contribution in [0.5, 0.6) is 0 Å². The molecule has 1 aromatic heterocycles. The van der Waals surface area contributed by atoms with Gasteiger partial charge in [-0.1, -0.05) is 78.4 Å². The first-order chi connectivity index (χ1) is 15.5. The number of aromatic nitrogens is 2. The predicted octanol–water partition coefficient (Wildman–Crippen LogP) is 5.10. The van der Waals surface area contributed by atoms with Crippen molar-refractivity contribution in [3.63, 3.8) is 0 Å². The van der Waals surface area contributed by atoms with Crippen molar-refractivity contribution < 1.29 is 9.21 Å². The molecule has 1 N–H and O–H groups in total. The zero-order chi connectivity index (χ0) is 22.4. The second-order valence-electron chi connectivity index (χ2n) is 8.21. The molecule has 0 radical (unpaired) electrons. The topological polar surface area (TPSA) is 68.0 Å². The van der Waals surface area contributed by atoms with Crippen LogP contribution in [-0.4, -0.2) is 22.6 Å². The molecule has 1 amide bonds. The standard InChI is InChI=1S/C27H27N3O2/c1-20-13-15-21(16-14-20)26-30-29-25(32-26)18-17-24(31)28-19-27(2,22-9-5-3-6-10-22)23-11-7-4-8-12-23/h3-16H,17-19H2,1-2H3,(H,28,31). The molecule has 4 rings (SSSR count). The van der Waals surface area contributed by atoms with Crippen LogP contribution in [-0.2, 0) is 16.6 Å². The second-order valence-corrected chi connectivity index (χ2v) is 8.21. The molecule has 32 heavy (non-hydrogen) atoms. The fraction of sp³-hybridized carbons (Fsp3) is 0.222. The number of benzene rings is 3. The van der Waals surface area contributed by atoms with Gasteiger partial charge in [0.25, 0.3) is 0 Å². The van der Waals surface area contributed by atoms with Gasteiger partial charge in [0.05, 0.1) is 0 Å². The Labute approximate surface area is 188 Å². The van der Waals surface area contributed by atoms with E-state index in [2.05, 4.69) is 46.7 Å². The van der Waals surface area contributed by atoms with Crippen molar-refractivity contribution in [3.8, 4) is 11.5 Å². The summed E-state index contributed by atoms with van der Waals surface area (Å²) in [6, 6.07) is 28.4. The molecular formula is C27H27N3O2. The summed E-state index contributed by atoms with van der Waals surface area (Å²) in [6.45, 7) is 4.68. The van der Waals surface area contributed by atoms with E-state index in [4.69, 9.17) is 4.42 Å². The SMILES string of the molecule is Cc1ccc(-c2nnc(CCC(=O)NCC(C)(c3ccccc3)c3ccccc3)o2)cc1. The lowest BCUT2D eigenvalue weighted by atomic mass is 9.76. The molecule has 162 valence electrons. The van der Waals surface area contributed by atoms with Crippen LogP contribution in [0, 0.1) is 6.92 Å². The maximum absolute atomic E-state index is 12.6. The summed E-state index contributed by atoms with van der Waals surface area (Å²) >= 11 is 0. The number of aryl methyl sites for hydroxylation is 2. The van der Waals surface area contributed by atoms with Gasteiger partial charge < -0.3 is 9.73 Å². The Morgan fingerprint density at radius 3 is 2.06 bits per heavy atom. The molecule has 0 fully saturated rings. The van der Waals surface area contributed by atoms with E-state index in [1.165, 1.54) is 5.56 Å². The van der Waals surface area contributed by atoms with Gasteiger partial charge in [-0.05, 0) is 37.1 Å². The number of amides is 1. The molecular weight excluding hydrogens is 398 g/mol. The minimum Gasteiger partial charge on any atom is -0.421 e. The summed E-state index contributed by atoms with van der Waals surface area (Å²) in [5.41, 5.74) is 4.03. The zero-order valence-corrected chi connectivity index (χ0v) is 18.4. The van der Waals surface area contributed by atoms with Crippen LogP contribution < -0.4 is 5.32 Å². The van der Waals surface area contributed by atoms with Crippen molar-refractivity contribution in [2.45, 2.75) is 32.1 Å². The number of carbonyl (C=O) groups excluding carboxylic acids is 1. The Hall–Kier alpha value is -3.73. The van der Waals surface area contributed by atoms with E-state index in [-0.39, 0.29) is 17.7 Å². The highest BCUT2D eigenvalue weighted by atomic mass is 16.4. The van der Waals surface area contributed by atoms with Gasteiger partial charge in [0.15, 0.2) is 0 Å². The number of nitrogens with zero attached hydrogens (tertiary/aromatic N) is 2. The fourth-order valence-electron chi connectivity index (χ4n) is 3.73. The zero-order valence-electron chi connectivity index (χ0n) is 18.4. The van der Waals surface area contributed by atoms with Crippen LogP contribution in [0.15, 0.2) is 89.3 Å². The molecule has 3 aromatic carbocycles. The molecule has 0 bridgehead atoms. The van der Waals surface area contributed by atoms with E-state index >= 15 is 0 Å². The Bertz CT molecular complexity index is 1110. The highest BCUT2D eigenvalue weighted by Crippen LogP contribution is 2.31. The van der Waals surface area contributed by atoms with Crippen LogP contribution >= 0.6 is 0 Å². The van der Waals surface area contributed by atoms with Gasteiger partial charge in [-0.2, -0.15) is 0 Å². The van der Waals surface area contributed by atoms with Gasteiger partial charge in [0, 0.05) is 30.4 Å². The lowest BCUT2D eigenvalue weighted by Crippen LogP contribution is -2.39. The first-order valence-corrected chi connectivity index (χ1v) is 10.8. The van der Waals surface area contributed by atoms with Crippen LogP contribution in [0.4, 0.5) is 0 Å². The number of nitrogens with one attached hydrogen (secondary N) is 1. The highest BCUT2D eigenvalue weighted by Gasteiger charge is 2.29. The van der Waals surface area contributed by atoms with Gasteiger partial charge in [0.1, 0.15) is 0 Å². The maximum atomic E-state index is 12.6. The summed E-state index contributed by atoms with van der Waals surface area (Å²) in [5, 5.41) is 11.3. The molecule has 0 saturated carbocycles. The lowest BCUT2D eigenvalue weighted by molar-refractivity contribution is -0.121. The molecule has 0 aliphatic rings. The summed E-state index contributed by atoms with van der Waals surface area (Å²) in [7, 11) is 0. The van der Waals surface area contributed by atoms with Gasteiger partial charge in [-0.15, -0.1) is 10.2 Å². The Kier molecular flexibility index (Phi) is 6.45. The largest absolute Gasteiger partial charge is 0.421 e. The number of rotatable bonds is 8. The Balaban J connectivity index is 1.39. The van der Waals surface area contributed by atoms with Crippen molar-refractivity contribution in [3.05, 3.63) is 108 Å². The molecule has 1 heterocycles. The van der Waals surface area contributed by atoms with E-state index in [0.717, 1.165) is 16.7 Å². The molecule has 0 aliphatic carbocycles. The highest BCUT2D eigenvalue weighted by molar-refractivity contribution is 5.76. The molecule has 5 nitrogen and oxygen atoms in total. The molecule has 4 aromatic rings.